The normalized spacial score (nSPS) is 10.8. The van der Waals surface area contributed by atoms with Gasteiger partial charge in [0.2, 0.25) is 5.91 Å². The van der Waals surface area contributed by atoms with Crippen LogP contribution in [0, 0.1) is 12.7 Å². The van der Waals surface area contributed by atoms with E-state index >= 15 is 0 Å². The number of nitrogens with zero attached hydrogens (tertiary/aromatic N) is 4. The molecule has 8 nitrogen and oxygen atoms in total. The molecule has 9 heteroatoms. The van der Waals surface area contributed by atoms with Crippen LogP contribution in [0.2, 0.25) is 0 Å². The van der Waals surface area contributed by atoms with Crippen LogP contribution in [0.25, 0.3) is 5.78 Å². The van der Waals surface area contributed by atoms with E-state index in [0.717, 1.165) is 10.2 Å². The number of aromatic nitrogens is 4. The summed E-state index contributed by atoms with van der Waals surface area (Å²) in [6, 6.07) is 14.7. The van der Waals surface area contributed by atoms with Crippen LogP contribution >= 0.6 is 0 Å². The predicted molar refractivity (Wildman–Crippen MR) is 107 cm³/mol. The van der Waals surface area contributed by atoms with Crippen LogP contribution in [0.1, 0.15) is 5.56 Å². The van der Waals surface area contributed by atoms with Crippen molar-refractivity contribution in [2.24, 2.45) is 0 Å². The molecule has 0 spiro atoms. The van der Waals surface area contributed by atoms with Crippen molar-refractivity contribution >= 4 is 28.9 Å². The van der Waals surface area contributed by atoms with E-state index in [4.69, 9.17) is 0 Å². The zero-order valence-corrected chi connectivity index (χ0v) is 15.5. The van der Waals surface area contributed by atoms with E-state index in [1.165, 1.54) is 22.7 Å². The fourth-order valence-corrected chi connectivity index (χ4v) is 2.73. The Labute approximate surface area is 164 Å². The second-order valence-corrected chi connectivity index (χ2v) is 6.47. The Balaban J connectivity index is 1.52. The monoisotopic (exact) mass is 392 g/mol. The number of aryl methyl sites for hydroxylation is 1. The Morgan fingerprint density at radius 1 is 1.03 bits per heavy atom. The number of hydrogen-bond donors (Lipinski definition) is 2. The summed E-state index contributed by atoms with van der Waals surface area (Å²) in [7, 11) is 0. The minimum absolute atomic E-state index is 0.144. The second-order valence-electron chi connectivity index (χ2n) is 6.47. The number of hydrogen-bond acceptors (Lipinski definition) is 5. The van der Waals surface area contributed by atoms with Gasteiger partial charge in [0, 0.05) is 17.6 Å². The van der Waals surface area contributed by atoms with Gasteiger partial charge in [0.1, 0.15) is 18.2 Å². The van der Waals surface area contributed by atoms with E-state index < -0.39 is 5.69 Å². The average molecular weight is 392 g/mol. The molecule has 146 valence electrons. The minimum Gasteiger partial charge on any atom is -0.340 e. The first-order valence-electron chi connectivity index (χ1n) is 8.83. The Morgan fingerprint density at radius 3 is 2.45 bits per heavy atom. The molecular formula is C20H17FN6O2. The number of benzene rings is 2. The number of fused-ring (bicyclic) bond motifs is 1. The molecule has 4 aromatic rings. The van der Waals surface area contributed by atoms with Gasteiger partial charge in [-0.3, -0.25) is 4.79 Å². The molecule has 2 N–H and O–H groups in total. The highest BCUT2D eigenvalue weighted by atomic mass is 19.1. The minimum atomic E-state index is -0.472. The molecule has 1 amide bonds. The van der Waals surface area contributed by atoms with Gasteiger partial charge in [-0.25, -0.2) is 18.3 Å². The third-order valence-corrected chi connectivity index (χ3v) is 4.20. The predicted octanol–water partition coefficient (Wildman–Crippen LogP) is 2.72. The average Bonchev–Trinajstić information content (AvgIpc) is 3.00. The highest BCUT2D eigenvalue weighted by Crippen LogP contribution is 2.15. The van der Waals surface area contributed by atoms with Crippen molar-refractivity contribution in [3.05, 3.63) is 82.7 Å². The van der Waals surface area contributed by atoms with Crippen LogP contribution in [0.4, 0.5) is 21.6 Å². The highest BCUT2D eigenvalue weighted by molar-refractivity contribution is 5.90. The molecular weight excluding hydrogens is 375 g/mol. The molecule has 0 bridgehead atoms. The van der Waals surface area contributed by atoms with Crippen molar-refractivity contribution in [3.63, 3.8) is 0 Å². The summed E-state index contributed by atoms with van der Waals surface area (Å²) in [5, 5.41) is 9.85. The molecule has 0 aliphatic heterocycles. The maximum absolute atomic E-state index is 13.0. The van der Waals surface area contributed by atoms with Crippen LogP contribution < -0.4 is 16.3 Å². The standard InChI is InChI=1S/C20H17FN6O2/c1-13-2-6-16(7-3-13)23-18(28)12-27-20(29)26-11-10-17(24-19(26)25-27)22-15-8-4-14(21)5-9-15/h2-11H,12H2,1H3,(H,23,28)(H,22,24,25). The van der Waals surface area contributed by atoms with E-state index in [-0.39, 0.29) is 24.0 Å². The van der Waals surface area contributed by atoms with Crippen molar-refractivity contribution in [3.8, 4) is 0 Å². The lowest BCUT2D eigenvalue weighted by Crippen LogP contribution is -2.28. The van der Waals surface area contributed by atoms with Crippen molar-refractivity contribution in [2.75, 3.05) is 10.6 Å². The van der Waals surface area contributed by atoms with E-state index in [1.807, 2.05) is 19.1 Å². The summed E-state index contributed by atoms with van der Waals surface area (Å²) in [4.78, 5) is 29.0. The van der Waals surface area contributed by atoms with Gasteiger partial charge in [-0.15, -0.1) is 5.10 Å². The SMILES string of the molecule is Cc1ccc(NC(=O)Cn2nc3nc(Nc4ccc(F)cc4)ccn3c2=O)cc1. The van der Waals surface area contributed by atoms with Gasteiger partial charge in [-0.1, -0.05) is 17.7 Å². The van der Waals surface area contributed by atoms with Crippen molar-refractivity contribution < 1.29 is 9.18 Å². The van der Waals surface area contributed by atoms with Crippen LogP contribution in [0.15, 0.2) is 65.6 Å². The number of anilines is 3. The molecule has 4 rings (SSSR count). The van der Waals surface area contributed by atoms with Gasteiger partial charge in [0.25, 0.3) is 5.78 Å². The zero-order chi connectivity index (χ0) is 20.4. The van der Waals surface area contributed by atoms with Gasteiger partial charge in [0.15, 0.2) is 0 Å². The number of nitrogens with one attached hydrogen (secondary N) is 2. The second kappa shape index (κ2) is 7.55. The largest absolute Gasteiger partial charge is 0.352 e. The zero-order valence-electron chi connectivity index (χ0n) is 15.5. The van der Waals surface area contributed by atoms with E-state index in [2.05, 4.69) is 20.7 Å². The quantitative estimate of drug-likeness (QED) is 0.545. The summed E-state index contributed by atoms with van der Waals surface area (Å²) in [6.45, 7) is 1.71. The van der Waals surface area contributed by atoms with Gasteiger partial charge in [-0.05, 0) is 49.4 Å². The molecule has 0 unspecified atom stereocenters. The maximum atomic E-state index is 13.0. The third kappa shape index (κ3) is 4.13. The lowest BCUT2D eigenvalue weighted by molar-refractivity contribution is -0.117. The summed E-state index contributed by atoms with van der Waals surface area (Å²) in [6.07, 6.45) is 1.51. The molecule has 29 heavy (non-hydrogen) atoms. The number of rotatable bonds is 5. The molecule has 0 saturated carbocycles. The summed E-state index contributed by atoms with van der Waals surface area (Å²) < 4.78 is 15.3. The molecule has 0 radical (unpaired) electrons. The topological polar surface area (TPSA) is 93.3 Å². The fraction of sp³-hybridized carbons (Fsp3) is 0.100. The Hall–Kier alpha value is -4.01. The van der Waals surface area contributed by atoms with E-state index in [9.17, 15) is 14.0 Å². The lowest BCUT2D eigenvalue weighted by atomic mass is 10.2. The highest BCUT2D eigenvalue weighted by Gasteiger charge is 2.12. The van der Waals surface area contributed by atoms with Crippen molar-refractivity contribution in [1.82, 2.24) is 19.2 Å². The summed E-state index contributed by atoms with van der Waals surface area (Å²) in [5.74, 6) is -0.132. The van der Waals surface area contributed by atoms with Gasteiger partial charge < -0.3 is 10.6 Å². The van der Waals surface area contributed by atoms with Gasteiger partial charge in [-0.2, -0.15) is 4.98 Å². The first kappa shape index (κ1) is 18.4. The van der Waals surface area contributed by atoms with E-state index in [0.29, 0.717) is 17.2 Å². The molecule has 0 aliphatic rings. The third-order valence-electron chi connectivity index (χ3n) is 4.20. The van der Waals surface area contributed by atoms with Crippen LogP contribution in [-0.2, 0) is 11.3 Å². The number of amides is 1. The van der Waals surface area contributed by atoms with Crippen LogP contribution in [0.3, 0.4) is 0 Å². The lowest BCUT2D eigenvalue weighted by Gasteiger charge is -2.04. The van der Waals surface area contributed by atoms with Crippen LogP contribution in [-0.4, -0.2) is 25.1 Å². The first-order valence-corrected chi connectivity index (χ1v) is 8.83. The summed E-state index contributed by atoms with van der Waals surface area (Å²) in [5.41, 5.74) is 1.89. The summed E-state index contributed by atoms with van der Waals surface area (Å²) >= 11 is 0. The smallest absolute Gasteiger partial charge is 0.340 e. The number of carbonyl (C=O) groups excluding carboxylic acids is 1. The Bertz CT molecular complexity index is 1230. The molecule has 0 aliphatic carbocycles. The van der Waals surface area contributed by atoms with Gasteiger partial charge >= 0.3 is 5.69 Å². The van der Waals surface area contributed by atoms with E-state index in [1.54, 1.807) is 30.3 Å². The van der Waals surface area contributed by atoms with Crippen molar-refractivity contribution in [1.29, 1.82) is 0 Å². The molecule has 0 saturated heterocycles. The molecule has 0 atom stereocenters. The number of carbonyl (C=O) groups is 1. The van der Waals surface area contributed by atoms with Crippen molar-refractivity contribution in [2.45, 2.75) is 13.5 Å². The molecule has 2 aromatic carbocycles. The Morgan fingerprint density at radius 2 is 1.72 bits per heavy atom. The molecule has 2 aromatic heterocycles. The van der Waals surface area contributed by atoms with Gasteiger partial charge in [0.05, 0.1) is 0 Å². The first-order chi connectivity index (χ1) is 14.0. The number of halogens is 1. The fourth-order valence-electron chi connectivity index (χ4n) is 2.73. The molecule has 2 heterocycles. The Kier molecular flexibility index (Phi) is 4.78. The molecule has 0 fully saturated rings. The maximum Gasteiger partial charge on any atom is 0.352 e. The van der Waals surface area contributed by atoms with Crippen LogP contribution in [0.5, 0.6) is 0 Å².